The Morgan fingerprint density at radius 3 is 2.41 bits per heavy atom. The molecule has 6 heteroatoms. The van der Waals surface area contributed by atoms with Crippen molar-refractivity contribution in [2.24, 2.45) is 11.1 Å². The van der Waals surface area contributed by atoms with Crippen LogP contribution in [-0.2, 0) is 19.2 Å². The van der Waals surface area contributed by atoms with Crippen LogP contribution in [0.2, 0.25) is 0 Å². The van der Waals surface area contributed by atoms with Crippen LogP contribution in [-0.4, -0.2) is 34.0 Å². The fraction of sp³-hybridized carbons (Fsp3) is 0.562. The summed E-state index contributed by atoms with van der Waals surface area (Å²) < 4.78 is 5.27. The molecule has 1 N–H and O–H groups in total. The van der Waals surface area contributed by atoms with E-state index >= 15 is 0 Å². The Balaban J connectivity index is 2.79. The summed E-state index contributed by atoms with van der Waals surface area (Å²) in [5.74, 6) is -1.84. The molecule has 1 rings (SSSR count). The van der Waals surface area contributed by atoms with Crippen LogP contribution in [0.5, 0.6) is 0 Å². The molecule has 0 fully saturated rings. The highest BCUT2D eigenvalue weighted by atomic mass is 16.7. The van der Waals surface area contributed by atoms with Gasteiger partial charge in [-0.3, -0.25) is 4.79 Å². The second-order valence-electron chi connectivity index (χ2n) is 6.57. The molecule has 0 saturated carbocycles. The fourth-order valence-electron chi connectivity index (χ4n) is 1.64. The van der Waals surface area contributed by atoms with E-state index in [1.165, 1.54) is 0 Å². The highest BCUT2D eigenvalue weighted by molar-refractivity contribution is 6.00. The number of aliphatic carboxylic acids is 1. The zero-order valence-corrected chi connectivity index (χ0v) is 13.6. The summed E-state index contributed by atoms with van der Waals surface area (Å²) in [5.41, 5.74) is -1.42. The number of hydrogen-bond donors (Lipinski definition) is 1. The lowest BCUT2D eigenvalue weighted by molar-refractivity contribution is -0.179. The summed E-state index contributed by atoms with van der Waals surface area (Å²) in [7, 11) is 0. The Kier molecular flexibility index (Phi) is 5.52. The monoisotopic (exact) mass is 309 g/mol. The third-order valence-electron chi connectivity index (χ3n) is 2.77. The summed E-state index contributed by atoms with van der Waals surface area (Å²) in [5, 5.41) is 12.9. The van der Waals surface area contributed by atoms with Crippen LogP contribution in [0, 0.1) is 5.92 Å². The third-order valence-corrected chi connectivity index (χ3v) is 2.77. The van der Waals surface area contributed by atoms with Crippen LogP contribution in [0.15, 0.2) is 29.5 Å². The first-order valence-corrected chi connectivity index (χ1v) is 7.07. The molecule has 0 aromatic rings. The average Bonchev–Trinajstić information content (AvgIpc) is 2.35. The van der Waals surface area contributed by atoms with E-state index in [9.17, 15) is 9.59 Å². The summed E-state index contributed by atoms with van der Waals surface area (Å²) in [4.78, 5) is 28.2. The molecule has 1 atom stereocenters. The number of oxime groups is 1. The number of rotatable bonds is 5. The van der Waals surface area contributed by atoms with E-state index in [4.69, 9.17) is 14.7 Å². The van der Waals surface area contributed by atoms with Gasteiger partial charge in [-0.2, -0.15) is 0 Å². The maximum atomic E-state index is 12.1. The van der Waals surface area contributed by atoms with Crippen molar-refractivity contribution >= 4 is 17.7 Å². The average molecular weight is 309 g/mol. The first-order chi connectivity index (χ1) is 10.0. The summed E-state index contributed by atoms with van der Waals surface area (Å²) in [6, 6.07) is 0. The van der Waals surface area contributed by atoms with Crippen molar-refractivity contribution in [3.63, 3.8) is 0 Å². The van der Waals surface area contributed by atoms with Crippen molar-refractivity contribution < 1.29 is 24.3 Å². The first kappa shape index (κ1) is 17.9. The maximum absolute atomic E-state index is 12.1. The Bertz CT molecular complexity index is 523. The molecule has 22 heavy (non-hydrogen) atoms. The van der Waals surface area contributed by atoms with Gasteiger partial charge in [-0.15, -0.1) is 0 Å². The predicted octanol–water partition coefficient (Wildman–Crippen LogP) is 2.70. The minimum atomic E-state index is -1.26. The number of allylic oxidation sites excluding steroid dienone is 4. The number of ether oxygens (including phenoxy) is 1. The molecule has 0 aliphatic heterocycles. The molecule has 1 aliphatic rings. The van der Waals surface area contributed by atoms with Crippen molar-refractivity contribution in [1.82, 2.24) is 0 Å². The van der Waals surface area contributed by atoms with E-state index in [0.29, 0.717) is 5.71 Å². The van der Waals surface area contributed by atoms with Gasteiger partial charge < -0.3 is 14.7 Å². The molecule has 0 saturated heterocycles. The second kappa shape index (κ2) is 6.77. The van der Waals surface area contributed by atoms with Gasteiger partial charge in [-0.1, -0.05) is 23.4 Å². The van der Waals surface area contributed by atoms with E-state index in [0.717, 1.165) is 0 Å². The first-order valence-electron chi connectivity index (χ1n) is 7.07. The van der Waals surface area contributed by atoms with Gasteiger partial charge in [0.05, 0.1) is 12.1 Å². The quantitative estimate of drug-likeness (QED) is 0.623. The molecule has 1 unspecified atom stereocenters. The van der Waals surface area contributed by atoms with E-state index < -0.39 is 23.1 Å². The van der Waals surface area contributed by atoms with Crippen LogP contribution in [0.25, 0.3) is 0 Å². The van der Waals surface area contributed by atoms with E-state index in [1.54, 1.807) is 58.9 Å². The molecule has 0 bridgehead atoms. The zero-order chi connectivity index (χ0) is 17.0. The SMILES string of the molecule is CC(C)(C)OC(=O)C(C)(C)ON=C1C=CC=CC1CC(=O)O. The van der Waals surface area contributed by atoms with Crippen LogP contribution >= 0.6 is 0 Å². The summed E-state index contributed by atoms with van der Waals surface area (Å²) in [6.07, 6.45) is 6.80. The second-order valence-corrected chi connectivity index (χ2v) is 6.57. The minimum absolute atomic E-state index is 0.0874. The molecule has 122 valence electrons. The van der Waals surface area contributed by atoms with Gasteiger partial charge in [0.1, 0.15) is 5.60 Å². The highest BCUT2D eigenvalue weighted by Crippen LogP contribution is 2.20. The zero-order valence-electron chi connectivity index (χ0n) is 13.6. The number of carbonyl (C=O) groups excluding carboxylic acids is 1. The Morgan fingerprint density at radius 1 is 1.23 bits per heavy atom. The van der Waals surface area contributed by atoms with E-state index in [1.807, 2.05) is 0 Å². The van der Waals surface area contributed by atoms with Crippen molar-refractivity contribution in [2.75, 3.05) is 0 Å². The largest absolute Gasteiger partial charge is 0.481 e. The predicted molar refractivity (Wildman–Crippen MR) is 82.5 cm³/mol. The van der Waals surface area contributed by atoms with Crippen molar-refractivity contribution in [1.29, 1.82) is 0 Å². The molecule has 0 heterocycles. The van der Waals surface area contributed by atoms with Gasteiger partial charge in [0.2, 0.25) is 5.60 Å². The molecule has 0 radical (unpaired) electrons. The molecule has 0 spiro atoms. The molecule has 0 aromatic carbocycles. The normalized spacial score (nSPS) is 20.0. The number of carboxylic acid groups (broad SMARTS) is 1. The van der Waals surface area contributed by atoms with Crippen LogP contribution < -0.4 is 0 Å². The molecule has 0 amide bonds. The molecule has 6 nitrogen and oxygen atoms in total. The van der Waals surface area contributed by atoms with Crippen molar-refractivity contribution in [3.05, 3.63) is 24.3 Å². The number of carboxylic acids is 1. The van der Waals surface area contributed by atoms with Crippen LogP contribution in [0.3, 0.4) is 0 Å². The van der Waals surface area contributed by atoms with E-state index in [2.05, 4.69) is 5.16 Å². The van der Waals surface area contributed by atoms with Gasteiger partial charge in [-0.25, -0.2) is 4.79 Å². The third kappa shape index (κ3) is 5.71. The van der Waals surface area contributed by atoms with Gasteiger partial charge in [0.15, 0.2) is 0 Å². The van der Waals surface area contributed by atoms with Crippen LogP contribution in [0.4, 0.5) is 0 Å². The molecule has 1 aliphatic carbocycles. The van der Waals surface area contributed by atoms with Gasteiger partial charge in [0, 0.05) is 5.92 Å². The smallest absolute Gasteiger partial charge is 0.353 e. The number of hydrogen-bond acceptors (Lipinski definition) is 5. The highest BCUT2D eigenvalue weighted by Gasteiger charge is 2.35. The Hall–Kier alpha value is -2.11. The lowest BCUT2D eigenvalue weighted by Gasteiger charge is -2.27. The Labute approximate surface area is 130 Å². The molecular weight excluding hydrogens is 286 g/mol. The number of carbonyl (C=O) groups is 2. The topological polar surface area (TPSA) is 85.2 Å². The van der Waals surface area contributed by atoms with Gasteiger partial charge in [-0.05, 0) is 40.7 Å². The Morgan fingerprint density at radius 2 is 1.86 bits per heavy atom. The number of esters is 1. The maximum Gasteiger partial charge on any atom is 0.353 e. The standard InChI is InChI=1S/C16H23NO5/c1-15(2,3)21-14(20)16(4,5)22-17-12-9-7-6-8-11(12)10-13(18)19/h6-9,11H,10H2,1-5H3,(H,18,19). The van der Waals surface area contributed by atoms with Gasteiger partial charge >= 0.3 is 11.9 Å². The molecule has 0 aromatic heterocycles. The van der Waals surface area contributed by atoms with Crippen molar-refractivity contribution in [3.8, 4) is 0 Å². The van der Waals surface area contributed by atoms with Crippen molar-refractivity contribution in [2.45, 2.75) is 52.2 Å². The summed E-state index contributed by atoms with van der Waals surface area (Å²) in [6.45, 7) is 8.42. The van der Waals surface area contributed by atoms with Gasteiger partial charge in [0.25, 0.3) is 0 Å². The van der Waals surface area contributed by atoms with Crippen LogP contribution in [0.1, 0.15) is 41.0 Å². The number of nitrogens with zero attached hydrogens (tertiary/aromatic N) is 1. The lowest BCUT2D eigenvalue weighted by Crippen LogP contribution is -2.40. The summed E-state index contributed by atoms with van der Waals surface area (Å²) >= 11 is 0. The van der Waals surface area contributed by atoms with E-state index in [-0.39, 0.29) is 12.3 Å². The molecular formula is C16H23NO5. The minimum Gasteiger partial charge on any atom is -0.481 e. The lowest BCUT2D eigenvalue weighted by atomic mass is 9.95. The fourth-order valence-corrected chi connectivity index (χ4v) is 1.64.